The molecule has 0 radical (unpaired) electrons. The van der Waals surface area contributed by atoms with Gasteiger partial charge < -0.3 is 14.8 Å². The van der Waals surface area contributed by atoms with E-state index in [-0.39, 0.29) is 18.1 Å². The van der Waals surface area contributed by atoms with E-state index in [0.29, 0.717) is 13.0 Å². The van der Waals surface area contributed by atoms with Crippen molar-refractivity contribution in [2.75, 3.05) is 18.9 Å². The van der Waals surface area contributed by atoms with Gasteiger partial charge in [-0.3, -0.25) is 4.79 Å². The number of nitrogens with one attached hydrogen (secondary N) is 1. The highest BCUT2D eigenvalue weighted by molar-refractivity contribution is 7.99. The maximum absolute atomic E-state index is 11.8. The van der Waals surface area contributed by atoms with Gasteiger partial charge in [0.15, 0.2) is 11.5 Å². The first-order valence-corrected chi connectivity index (χ1v) is 10.4. The fraction of sp³-hybridized carbons (Fsp3) is 0.348. The summed E-state index contributed by atoms with van der Waals surface area (Å²) < 4.78 is 11.7. The highest BCUT2D eigenvalue weighted by Gasteiger charge is 2.32. The van der Waals surface area contributed by atoms with Gasteiger partial charge >= 0.3 is 0 Å². The Hall–Kier alpha value is -2.58. The van der Waals surface area contributed by atoms with E-state index in [1.54, 1.807) is 11.8 Å². The Morgan fingerprint density at radius 1 is 1.18 bits per heavy atom. The minimum atomic E-state index is -0.198. The van der Waals surface area contributed by atoms with Crippen LogP contribution in [0.25, 0.3) is 0 Å². The molecule has 0 fully saturated rings. The summed E-state index contributed by atoms with van der Waals surface area (Å²) in [6.45, 7) is 4.73. The lowest BCUT2D eigenvalue weighted by atomic mass is 10.0. The molecule has 1 heterocycles. The van der Waals surface area contributed by atoms with Crippen LogP contribution in [0.2, 0.25) is 0 Å². The van der Waals surface area contributed by atoms with Crippen LogP contribution < -0.4 is 14.8 Å². The van der Waals surface area contributed by atoms with Crippen LogP contribution in [0.3, 0.4) is 0 Å². The van der Waals surface area contributed by atoms with Crippen molar-refractivity contribution in [2.24, 2.45) is 0 Å². The van der Waals surface area contributed by atoms with E-state index in [9.17, 15) is 4.79 Å². The van der Waals surface area contributed by atoms with Gasteiger partial charge in [0.05, 0.1) is 6.54 Å². The lowest BCUT2D eigenvalue weighted by molar-refractivity contribution is -0.120. The van der Waals surface area contributed by atoms with Gasteiger partial charge in [0.25, 0.3) is 0 Å². The molecule has 0 spiro atoms. The molecule has 5 heteroatoms. The standard InChI is InChI=1S/C23H25NO3S/c1-23(2)17-18-9-8-12-20(22(18)27-23)26-15-7-6-14-24-21(25)13-16-28-19-10-4-3-5-11-19/h3-5,8-12H,13-17H2,1-2H3,(H,24,25). The molecule has 1 aliphatic rings. The number of ether oxygens (including phenoxy) is 2. The van der Waals surface area contributed by atoms with E-state index in [1.807, 2.05) is 42.5 Å². The molecule has 4 nitrogen and oxygen atoms in total. The summed E-state index contributed by atoms with van der Waals surface area (Å²) in [5.41, 5.74) is 0.965. The zero-order valence-electron chi connectivity index (χ0n) is 16.3. The molecule has 1 aliphatic heterocycles. The minimum absolute atomic E-state index is 0.00941. The number of carbonyl (C=O) groups is 1. The molecular formula is C23H25NO3S. The lowest BCUT2D eigenvalue weighted by Gasteiger charge is -2.17. The summed E-state index contributed by atoms with van der Waals surface area (Å²) in [4.78, 5) is 13.0. The van der Waals surface area contributed by atoms with E-state index >= 15 is 0 Å². The van der Waals surface area contributed by atoms with Crippen LogP contribution in [0.4, 0.5) is 0 Å². The number of fused-ring (bicyclic) bond motifs is 1. The molecule has 3 rings (SSSR count). The molecule has 28 heavy (non-hydrogen) atoms. The largest absolute Gasteiger partial charge is 0.483 e. The van der Waals surface area contributed by atoms with Gasteiger partial charge in [-0.05, 0) is 32.0 Å². The highest BCUT2D eigenvalue weighted by atomic mass is 32.2. The third kappa shape index (κ3) is 5.97. The number of carbonyl (C=O) groups excluding carboxylic acids is 1. The fourth-order valence-corrected chi connectivity index (χ4v) is 3.81. The molecule has 1 amide bonds. The average molecular weight is 396 g/mol. The summed E-state index contributed by atoms with van der Waals surface area (Å²) >= 11 is 1.67. The second kappa shape index (κ2) is 9.57. The third-order valence-corrected chi connectivity index (χ3v) is 5.21. The Labute approximate surface area is 171 Å². The third-order valence-electron chi connectivity index (χ3n) is 4.19. The van der Waals surface area contributed by atoms with Gasteiger partial charge in [0.1, 0.15) is 12.2 Å². The normalized spacial score (nSPS) is 13.6. The molecule has 0 saturated carbocycles. The van der Waals surface area contributed by atoms with Crippen molar-refractivity contribution in [3.63, 3.8) is 0 Å². The number of hydrogen-bond donors (Lipinski definition) is 1. The van der Waals surface area contributed by atoms with Crippen molar-refractivity contribution in [3.05, 3.63) is 54.1 Å². The molecule has 146 valence electrons. The van der Waals surface area contributed by atoms with Crippen LogP contribution in [0.15, 0.2) is 53.4 Å². The van der Waals surface area contributed by atoms with Gasteiger partial charge in [-0.15, -0.1) is 11.8 Å². The fourth-order valence-electron chi connectivity index (χ4n) is 2.94. The van der Waals surface area contributed by atoms with E-state index in [1.165, 1.54) is 4.90 Å². The van der Waals surface area contributed by atoms with Gasteiger partial charge in [0, 0.05) is 29.1 Å². The first kappa shape index (κ1) is 20.2. The highest BCUT2D eigenvalue weighted by Crippen LogP contribution is 2.41. The Kier molecular flexibility index (Phi) is 6.89. The maximum Gasteiger partial charge on any atom is 0.221 e. The van der Waals surface area contributed by atoms with Gasteiger partial charge in [-0.2, -0.15) is 0 Å². The Morgan fingerprint density at radius 3 is 2.82 bits per heavy atom. The molecule has 0 aromatic heterocycles. The van der Waals surface area contributed by atoms with Crippen LogP contribution in [-0.2, 0) is 11.2 Å². The van der Waals surface area contributed by atoms with Crippen LogP contribution in [0.1, 0.15) is 25.8 Å². The van der Waals surface area contributed by atoms with Crippen LogP contribution in [0, 0.1) is 11.8 Å². The molecular weight excluding hydrogens is 370 g/mol. The molecule has 0 atom stereocenters. The van der Waals surface area contributed by atoms with Gasteiger partial charge in [-0.25, -0.2) is 0 Å². The molecule has 0 bridgehead atoms. The Balaban J connectivity index is 1.34. The second-order valence-corrected chi connectivity index (χ2v) is 8.28. The predicted octanol–water partition coefficient (Wildman–Crippen LogP) is 4.08. The second-order valence-electron chi connectivity index (χ2n) is 7.11. The molecule has 2 aromatic rings. The van der Waals surface area contributed by atoms with Crippen LogP contribution in [-0.4, -0.2) is 30.4 Å². The van der Waals surface area contributed by atoms with E-state index in [2.05, 4.69) is 37.1 Å². The Bertz CT molecular complexity index is 868. The van der Waals surface area contributed by atoms with Crippen molar-refractivity contribution in [3.8, 4) is 23.3 Å². The van der Waals surface area contributed by atoms with Crippen molar-refractivity contribution in [1.29, 1.82) is 0 Å². The van der Waals surface area contributed by atoms with Crippen molar-refractivity contribution in [1.82, 2.24) is 5.32 Å². The first-order chi connectivity index (χ1) is 13.5. The number of thioether (sulfide) groups is 1. The smallest absolute Gasteiger partial charge is 0.221 e. The molecule has 0 saturated heterocycles. The van der Waals surface area contributed by atoms with Gasteiger partial charge in [0.2, 0.25) is 5.91 Å². The van der Waals surface area contributed by atoms with E-state index in [0.717, 1.165) is 29.2 Å². The van der Waals surface area contributed by atoms with E-state index < -0.39 is 0 Å². The summed E-state index contributed by atoms with van der Waals surface area (Å²) in [6.07, 6.45) is 1.35. The molecule has 1 N–H and O–H groups in total. The number of amides is 1. The summed E-state index contributed by atoms with van der Waals surface area (Å²) in [7, 11) is 0. The first-order valence-electron chi connectivity index (χ1n) is 9.37. The van der Waals surface area contributed by atoms with Crippen LogP contribution >= 0.6 is 11.8 Å². The molecule has 0 aliphatic carbocycles. The number of rotatable bonds is 7. The monoisotopic (exact) mass is 395 g/mol. The maximum atomic E-state index is 11.8. The molecule has 0 unspecified atom stereocenters. The predicted molar refractivity (Wildman–Crippen MR) is 113 cm³/mol. The lowest BCUT2D eigenvalue weighted by Crippen LogP contribution is -2.24. The SMILES string of the molecule is CC1(C)Cc2cccc(OCC#CCNC(=O)CCSc3ccccc3)c2O1. The zero-order valence-corrected chi connectivity index (χ0v) is 17.1. The van der Waals surface area contributed by atoms with Crippen molar-refractivity contribution < 1.29 is 14.3 Å². The Morgan fingerprint density at radius 2 is 2.00 bits per heavy atom. The van der Waals surface area contributed by atoms with Crippen molar-refractivity contribution >= 4 is 17.7 Å². The summed E-state index contributed by atoms with van der Waals surface area (Å²) in [5, 5.41) is 2.81. The number of hydrogen-bond acceptors (Lipinski definition) is 4. The van der Waals surface area contributed by atoms with Crippen LogP contribution in [0.5, 0.6) is 11.5 Å². The average Bonchev–Trinajstić information content (AvgIpc) is 3.00. The minimum Gasteiger partial charge on any atom is -0.483 e. The molecule has 2 aromatic carbocycles. The zero-order chi connectivity index (χ0) is 19.8. The number of benzene rings is 2. The topological polar surface area (TPSA) is 47.6 Å². The van der Waals surface area contributed by atoms with Crippen molar-refractivity contribution in [2.45, 2.75) is 37.2 Å². The quantitative estimate of drug-likeness (QED) is 0.567. The number of para-hydroxylation sites is 1. The summed E-state index contributed by atoms with van der Waals surface area (Å²) in [6, 6.07) is 16.0. The van der Waals surface area contributed by atoms with Gasteiger partial charge in [-0.1, -0.05) is 42.2 Å². The van der Waals surface area contributed by atoms with E-state index in [4.69, 9.17) is 9.47 Å². The summed E-state index contributed by atoms with van der Waals surface area (Å²) in [5.74, 6) is 8.16.